The van der Waals surface area contributed by atoms with Crippen LogP contribution in [0.5, 0.6) is 0 Å². The van der Waals surface area contributed by atoms with Crippen molar-refractivity contribution in [3.8, 4) is 0 Å². The molecule has 3 amide bonds. The maximum Gasteiger partial charge on any atom is 0.408 e. The first kappa shape index (κ1) is 36.4. The molecule has 0 aliphatic rings. The molecule has 10 heteroatoms. The minimum Gasteiger partial charge on any atom is -0.458 e. The van der Waals surface area contributed by atoms with Gasteiger partial charge in [-0.3, -0.25) is 9.59 Å². The Balaban J connectivity index is 2.54. The fourth-order valence-corrected chi connectivity index (χ4v) is 4.62. The smallest absolute Gasteiger partial charge is 0.408 e. The van der Waals surface area contributed by atoms with E-state index >= 15 is 0 Å². The Morgan fingerprint density at radius 2 is 1.45 bits per heavy atom. The molecular formula is C34H47N3O6S. The Labute approximate surface area is 267 Å². The second kappa shape index (κ2) is 16.3. The van der Waals surface area contributed by atoms with Gasteiger partial charge < -0.3 is 25.0 Å². The lowest BCUT2D eigenvalue weighted by Gasteiger charge is -2.34. The highest BCUT2D eigenvalue weighted by Crippen LogP contribution is 2.25. The molecule has 0 radical (unpaired) electrons. The number of benzene rings is 2. The molecule has 0 heterocycles. The number of carbonyl (C=O) groups excluding carboxylic acids is 4. The molecule has 0 fully saturated rings. The van der Waals surface area contributed by atoms with E-state index in [1.54, 1.807) is 53.7 Å². The molecule has 9 nitrogen and oxygen atoms in total. The summed E-state index contributed by atoms with van der Waals surface area (Å²) in [5, 5.41) is 5.44. The molecule has 240 valence electrons. The number of carbonyl (C=O) groups is 4. The second-order valence-electron chi connectivity index (χ2n) is 12.4. The van der Waals surface area contributed by atoms with Gasteiger partial charge in [-0.25, -0.2) is 9.59 Å². The molecule has 3 unspecified atom stereocenters. The van der Waals surface area contributed by atoms with Crippen molar-refractivity contribution >= 4 is 36.5 Å². The van der Waals surface area contributed by atoms with Gasteiger partial charge in [0, 0.05) is 18.7 Å². The topological polar surface area (TPSA) is 114 Å². The molecule has 2 N–H and O–H groups in total. The van der Waals surface area contributed by atoms with Gasteiger partial charge in [-0.15, -0.1) is 6.58 Å². The van der Waals surface area contributed by atoms with Crippen LogP contribution in [0, 0.1) is 0 Å². The zero-order chi connectivity index (χ0) is 33.1. The summed E-state index contributed by atoms with van der Waals surface area (Å²) in [6, 6.07) is 13.3. The first-order chi connectivity index (χ1) is 20.6. The standard InChI is InChI=1S/C34H47N3O6S/c1-9-20-37(30(39)27(22-44)36-32(41)43-34(6,7)8)28(25-18-16-23(10-2)17-19-25)29(38)35-26(31(40)42-33(3,4)5)21-24-14-12-11-13-15-24/h9,11-19,26-28,44H,1,10,20-22H2,2-8H3,(H,35,38)(H,36,41). The van der Waals surface area contributed by atoms with Crippen molar-refractivity contribution < 1.29 is 28.7 Å². The highest BCUT2D eigenvalue weighted by atomic mass is 32.1. The molecule has 0 bridgehead atoms. The number of alkyl carbamates (subject to hydrolysis) is 1. The van der Waals surface area contributed by atoms with Crippen LogP contribution in [-0.4, -0.2) is 64.4 Å². The number of aryl methyl sites for hydroxylation is 1. The highest BCUT2D eigenvalue weighted by Gasteiger charge is 2.37. The van der Waals surface area contributed by atoms with Gasteiger partial charge in [0.2, 0.25) is 11.8 Å². The quantitative estimate of drug-likeness (QED) is 0.160. The Morgan fingerprint density at radius 1 is 0.864 bits per heavy atom. The van der Waals surface area contributed by atoms with E-state index in [1.807, 2.05) is 49.4 Å². The van der Waals surface area contributed by atoms with E-state index in [2.05, 4.69) is 29.8 Å². The lowest BCUT2D eigenvalue weighted by molar-refractivity contribution is -0.159. The predicted molar refractivity (Wildman–Crippen MR) is 175 cm³/mol. The van der Waals surface area contributed by atoms with E-state index < -0.39 is 53.2 Å². The Morgan fingerprint density at radius 3 is 1.95 bits per heavy atom. The zero-order valence-corrected chi connectivity index (χ0v) is 27.8. The van der Waals surface area contributed by atoms with Crippen LogP contribution in [0.15, 0.2) is 67.3 Å². The van der Waals surface area contributed by atoms with E-state index in [1.165, 1.54) is 11.0 Å². The van der Waals surface area contributed by atoms with Crippen molar-refractivity contribution in [1.29, 1.82) is 0 Å². The normalized spacial score (nSPS) is 13.5. The van der Waals surface area contributed by atoms with E-state index in [0.717, 1.165) is 17.5 Å². The largest absolute Gasteiger partial charge is 0.458 e. The first-order valence-electron chi connectivity index (χ1n) is 14.8. The molecule has 0 saturated heterocycles. The molecule has 3 atom stereocenters. The predicted octanol–water partition coefficient (Wildman–Crippen LogP) is 5.20. The van der Waals surface area contributed by atoms with Gasteiger partial charge in [-0.1, -0.05) is 67.6 Å². The molecule has 0 aliphatic carbocycles. The molecule has 2 rings (SSSR count). The van der Waals surface area contributed by atoms with Crippen molar-refractivity contribution in [2.24, 2.45) is 0 Å². The summed E-state index contributed by atoms with van der Waals surface area (Å²) >= 11 is 4.31. The third-order valence-electron chi connectivity index (χ3n) is 6.33. The van der Waals surface area contributed by atoms with Gasteiger partial charge in [0.25, 0.3) is 0 Å². The molecule has 0 spiro atoms. The van der Waals surface area contributed by atoms with E-state index in [9.17, 15) is 19.2 Å². The van der Waals surface area contributed by atoms with Crippen LogP contribution in [-0.2, 0) is 36.7 Å². The molecule has 2 aromatic carbocycles. The molecule has 44 heavy (non-hydrogen) atoms. The first-order valence-corrected chi connectivity index (χ1v) is 15.4. The minimum atomic E-state index is -1.17. The number of esters is 1. The SMILES string of the molecule is C=CCN(C(=O)C(CS)NC(=O)OC(C)(C)C)C(C(=O)NC(Cc1ccccc1)C(=O)OC(C)(C)C)c1ccc(CC)cc1. The number of ether oxygens (including phenoxy) is 2. The summed E-state index contributed by atoms with van der Waals surface area (Å²) < 4.78 is 11.0. The average molecular weight is 626 g/mol. The molecule has 0 aliphatic heterocycles. The third-order valence-corrected chi connectivity index (χ3v) is 6.70. The van der Waals surface area contributed by atoms with Crippen LogP contribution in [0.1, 0.15) is 71.2 Å². The zero-order valence-electron chi connectivity index (χ0n) is 26.9. The summed E-state index contributed by atoms with van der Waals surface area (Å²) in [5.74, 6) is -1.81. The fourth-order valence-electron chi connectivity index (χ4n) is 4.37. The van der Waals surface area contributed by atoms with Gasteiger partial charge in [-0.05, 0) is 64.7 Å². The van der Waals surface area contributed by atoms with Crippen molar-refractivity contribution in [3.63, 3.8) is 0 Å². The summed E-state index contributed by atoms with van der Waals surface area (Å²) in [7, 11) is 0. The lowest BCUT2D eigenvalue weighted by atomic mass is 9.99. The Bertz CT molecular complexity index is 1270. The second-order valence-corrected chi connectivity index (χ2v) is 12.8. The van der Waals surface area contributed by atoms with E-state index in [0.29, 0.717) is 5.56 Å². The van der Waals surface area contributed by atoms with Gasteiger partial charge >= 0.3 is 12.1 Å². The Hall–Kier alpha value is -3.79. The molecule has 0 aromatic heterocycles. The van der Waals surface area contributed by atoms with Crippen molar-refractivity contribution in [3.05, 3.63) is 83.9 Å². The number of rotatable bonds is 13. The van der Waals surface area contributed by atoms with Crippen molar-refractivity contribution in [2.45, 2.75) is 90.6 Å². The van der Waals surface area contributed by atoms with Crippen molar-refractivity contribution in [1.82, 2.24) is 15.5 Å². The number of nitrogens with zero attached hydrogens (tertiary/aromatic N) is 1. The Kier molecular flexibility index (Phi) is 13.5. The summed E-state index contributed by atoms with van der Waals surface area (Å²) in [4.78, 5) is 55.5. The molecule has 2 aromatic rings. The monoisotopic (exact) mass is 625 g/mol. The third kappa shape index (κ3) is 11.7. The number of nitrogens with one attached hydrogen (secondary N) is 2. The number of hydrogen-bond acceptors (Lipinski definition) is 7. The van der Waals surface area contributed by atoms with Crippen LogP contribution < -0.4 is 10.6 Å². The molecule has 0 saturated carbocycles. The maximum absolute atomic E-state index is 14.2. The van der Waals surface area contributed by atoms with E-state index in [4.69, 9.17) is 9.47 Å². The fraction of sp³-hybridized carbons (Fsp3) is 0.471. The summed E-state index contributed by atoms with van der Waals surface area (Å²) in [6.07, 6.45) is 1.67. The van der Waals surface area contributed by atoms with Gasteiger partial charge in [0.1, 0.15) is 29.3 Å². The van der Waals surface area contributed by atoms with Crippen LogP contribution >= 0.6 is 12.6 Å². The maximum atomic E-state index is 14.2. The lowest BCUT2D eigenvalue weighted by Crippen LogP contribution is -2.55. The van der Waals surface area contributed by atoms with Crippen LogP contribution in [0.25, 0.3) is 0 Å². The summed E-state index contributed by atoms with van der Waals surface area (Å²) in [5.41, 5.74) is 0.818. The number of hydrogen-bond donors (Lipinski definition) is 3. The van der Waals surface area contributed by atoms with E-state index in [-0.39, 0.29) is 18.7 Å². The number of amides is 3. The van der Waals surface area contributed by atoms with Gasteiger partial charge in [0.05, 0.1) is 0 Å². The number of thiol groups is 1. The highest BCUT2D eigenvalue weighted by molar-refractivity contribution is 7.80. The molecular weight excluding hydrogens is 578 g/mol. The van der Waals surface area contributed by atoms with Crippen LogP contribution in [0.3, 0.4) is 0 Å². The average Bonchev–Trinajstić information content (AvgIpc) is 2.94. The van der Waals surface area contributed by atoms with Gasteiger partial charge in [0.15, 0.2) is 0 Å². The van der Waals surface area contributed by atoms with Crippen molar-refractivity contribution in [2.75, 3.05) is 12.3 Å². The van der Waals surface area contributed by atoms with Crippen LogP contribution in [0.4, 0.5) is 4.79 Å². The van der Waals surface area contributed by atoms with Crippen LogP contribution in [0.2, 0.25) is 0 Å². The minimum absolute atomic E-state index is 0.0253. The summed E-state index contributed by atoms with van der Waals surface area (Å²) in [6.45, 7) is 16.2. The van der Waals surface area contributed by atoms with Gasteiger partial charge in [-0.2, -0.15) is 12.6 Å².